The minimum Gasteiger partial charge on any atom is -0.318 e. The van der Waals surface area contributed by atoms with Gasteiger partial charge < -0.3 is 46.2 Å². The molecule has 2 aliphatic heterocycles. The summed E-state index contributed by atoms with van der Waals surface area (Å²) >= 11 is 0. The minimum atomic E-state index is 0.700. The fraction of sp³-hybridized carbons (Fsp3) is 1.00. The van der Waals surface area contributed by atoms with Crippen LogP contribution in [-0.4, -0.2) is 164 Å². The lowest BCUT2D eigenvalue weighted by atomic mass is 9.82. The minimum absolute atomic E-state index is 0.700. The van der Waals surface area contributed by atoms with Gasteiger partial charge in [-0.1, -0.05) is 105 Å². The van der Waals surface area contributed by atoms with Gasteiger partial charge in [0.1, 0.15) is 0 Å². The first kappa shape index (κ1) is 50.8. The lowest BCUT2D eigenvalue weighted by molar-refractivity contribution is 0.0869. The van der Waals surface area contributed by atoms with Crippen molar-refractivity contribution in [1.82, 2.24) is 46.2 Å². The van der Waals surface area contributed by atoms with Crippen molar-refractivity contribution < 1.29 is 0 Å². The standard InChI is InChI=1S/C13H27N3.C11H25N3.C10H21N3.C8H16.C4H10/c1-14-8-10-15(2)12-6-4-5-7-13(12)16(3)11-9-14;1-12-8-9-14(3)11-7-5-4-6-10(11)13-2;1-2-4-10-9(3-1)12-7-5-11-6-8-13-10;1-7-5-3-4-6-8(7)2;1-3-4-2/h12-13H,4-11H2,1-3H3;10-13H,4-9H2,1-3H3;9-13H,1-8H2;7-8H,3-6H2,1-2H3;3-4H2,1-2H3/t12-,13?;10-,11-;9-,10?;7-,8-;/m1111./s1. The molecule has 328 valence electrons. The molecule has 5 N–H and O–H groups in total. The molecule has 6 fully saturated rings. The maximum absolute atomic E-state index is 3.64. The van der Waals surface area contributed by atoms with Crippen LogP contribution in [0.15, 0.2) is 0 Å². The van der Waals surface area contributed by atoms with Crippen molar-refractivity contribution in [2.24, 2.45) is 11.8 Å². The van der Waals surface area contributed by atoms with Crippen molar-refractivity contribution in [2.45, 2.75) is 180 Å². The third-order valence-electron chi connectivity index (χ3n) is 14.1. The molecule has 4 aliphatic carbocycles. The zero-order valence-electron chi connectivity index (χ0n) is 38.7. The lowest BCUT2D eigenvalue weighted by Crippen LogP contribution is -2.51. The highest BCUT2D eigenvalue weighted by molar-refractivity contribution is 4.90. The number of nitrogens with one attached hydrogen (secondary N) is 5. The molecule has 2 heterocycles. The van der Waals surface area contributed by atoms with E-state index in [0.717, 1.165) is 81.3 Å². The first-order valence-corrected chi connectivity index (χ1v) is 23.9. The number of unbranched alkanes of at least 4 members (excludes halogenated alkanes) is 1. The number of rotatable bonds is 6. The molecule has 2 unspecified atom stereocenters. The Bertz CT molecular complexity index is 828. The van der Waals surface area contributed by atoms with Gasteiger partial charge in [0.05, 0.1) is 0 Å². The second kappa shape index (κ2) is 31.5. The molecule has 0 spiro atoms. The van der Waals surface area contributed by atoms with E-state index in [1.54, 1.807) is 0 Å². The highest BCUT2D eigenvalue weighted by atomic mass is 15.3. The summed E-state index contributed by atoms with van der Waals surface area (Å²) in [6, 6.07) is 4.49. The van der Waals surface area contributed by atoms with Crippen LogP contribution in [0.3, 0.4) is 0 Å². The van der Waals surface area contributed by atoms with Crippen LogP contribution in [0.1, 0.15) is 143 Å². The number of fused-ring (bicyclic) bond motifs is 2. The highest BCUT2D eigenvalue weighted by Crippen LogP contribution is 2.29. The van der Waals surface area contributed by atoms with Gasteiger partial charge in [0.2, 0.25) is 0 Å². The third kappa shape index (κ3) is 20.9. The molecule has 9 heteroatoms. The van der Waals surface area contributed by atoms with Gasteiger partial charge in [0.25, 0.3) is 0 Å². The predicted molar refractivity (Wildman–Crippen MR) is 243 cm³/mol. The Morgan fingerprint density at radius 2 is 1.04 bits per heavy atom. The molecule has 2 saturated heterocycles. The van der Waals surface area contributed by atoms with E-state index in [9.17, 15) is 0 Å². The zero-order chi connectivity index (χ0) is 40.3. The van der Waals surface area contributed by atoms with Gasteiger partial charge in [0.15, 0.2) is 0 Å². The first-order valence-electron chi connectivity index (χ1n) is 23.9. The van der Waals surface area contributed by atoms with Crippen molar-refractivity contribution in [3.63, 3.8) is 0 Å². The maximum Gasteiger partial charge on any atom is 0.0248 e. The number of hydrogen-bond acceptors (Lipinski definition) is 9. The normalized spacial score (nSPS) is 32.8. The highest BCUT2D eigenvalue weighted by Gasteiger charge is 2.32. The molecule has 0 aromatic rings. The molecular weight excluding hydrogens is 679 g/mol. The maximum atomic E-state index is 3.64. The largest absolute Gasteiger partial charge is 0.318 e. The molecule has 4 saturated carbocycles. The molecule has 0 radical (unpaired) electrons. The van der Waals surface area contributed by atoms with Crippen LogP contribution in [0, 0.1) is 11.8 Å². The molecule has 0 aromatic carbocycles. The van der Waals surface area contributed by atoms with Gasteiger partial charge in [-0.2, -0.15) is 0 Å². The Labute approximate surface area is 344 Å². The summed E-state index contributed by atoms with van der Waals surface area (Å²) < 4.78 is 0. The summed E-state index contributed by atoms with van der Waals surface area (Å²) in [6.45, 7) is 20.7. The Kier molecular flexibility index (Phi) is 29.1. The van der Waals surface area contributed by atoms with E-state index in [4.69, 9.17) is 0 Å². The average Bonchev–Trinajstić information content (AvgIpc) is 3.37. The fourth-order valence-corrected chi connectivity index (χ4v) is 9.59. The smallest absolute Gasteiger partial charge is 0.0248 e. The summed E-state index contributed by atoms with van der Waals surface area (Å²) in [5, 5.41) is 17.3. The average molecular weight is 778 g/mol. The number of nitrogens with zero attached hydrogens (tertiary/aromatic N) is 4. The van der Waals surface area contributed by atoms with Crippen molar-refractivity contribution in [2.75, 3.05) is 108 Å². The number of likely N-dealkylation sites (N-methyl/N-ethyl adjacent to an activating group) is 6. The third-order valence-corrected chi connectivity index (χ3v) is 14.1. The van der Waals surface area contributed by atoms with Crippen LogP contribution >= 0.6 is 0 Å². The molecule has 55 heavy (non-hydrogen) atoms. The Morgan fingerprint density at radius 3 is 1.49 bits per heavy atom. The van der Waals surface area contributed by atoms with Crippen LogP contribution in [0.25, 0.3) is 0 Å². The summed E-state index contributed by atoms with van der Waals surface area (Å²) in [5.41, 5.74) is 0. The van der Waals surface area contributed by atoms with Crippen LogP contribution in [0.5, 0.6) is 0 Å². The van der Waals surface area contributed by atoms with Crippen LogP contribution in [0.4, 0.5) is 0 Å². The van der Waals surface area contributed by atoms with Gasteiger partial charge in [-0.25, -0.2) is 0 Å². The summed E-state index contributed by atoms with van der Waals surface area (Å²) in [7, 11) is 13.2. The first-order chi connectivity index (χ1) is 26.7. The Morgan fingerprint density at radius 1 is 0.582 bits per heavy atom. The van der Waals surface area contributed by atoms with Crippen molar-refractivity contribution in [3.05, 3.63) is 0 Å². The topological polar surface area (TPSA) is 73.1 Å². The molecule has 0 amide bonds. The Balaban J connectivity index is 0.000000250. The van der Waals surface area contributed by atoms with Gasteiger partial charge in [0, 0.05) is 102 Å². The molecule has 6 rings (SSSR count). The van der Waals surface area contributed by atoms with Crippen LogP contribution in [0.2, 0.25) is 0 Å². The molecule has 6 aliphatic rings. The monoisotopic (exact) mass is 778 g/mol. The molecule has 0 bridgehead atoms. The van der Waals surface area contributed by atoms with Crippen LogP contribution < -0.4 is 26.6 Å². The summed E-state index contributed by atoms with van der Waals surface area (Å²) in [5.74, 6) is 2.01. The molecule has 8 atom stereocenters. The lowest BCUT2D eigenvalue weighted by Gasteiger charge is -2.41. The second-order valence-corrected chi connectivity index (χ2v) is 18.4. The predicted octanol–water partition coefficient (Wildman–Crippen LogP) is 6.49. The van der Waals surface area contributed by atoms with Gasteiger partial charge in [-0.15, -0.1) is 0 Å². The van der Waals surface area contributed by atoms with E-state index in [2.05, 4.69) is 109 Å². The van der Waals surface area contributed by atoms with E-state index in [-0.39, 0.29) is 0 Å². The summed E-state index contributed by atoms with van der Waals surface area (Å²) in [6.07, 6.45) is 25.2. The Hall–Kier alpha value is -0.360. The quantitative estimate of drug-likeness (QED) is 0.208. The summed E-state index contributed by atoms with van der Waals surface area (Å²) in [4.78, 5) is 10.2. The SMILES string of the molecule is C1CC[C@H]2NCCNCCNC2C1.CCCC.CN1CCN(C)C2CCCC[C@H]2N(C)CC1.CNCCN(C)[C@@H]1CCCC[C@H]1NC.C[C@@H]1CCCC[C@H]1C. The van der Waals surface area contributed by atoms with Gasteiger partial charge in [-0.05, 0) is 92.6 Å². The molecule has 9 nitrogen and oxygen atoms in total. The van der Waals surface area contributed by atoms with E-state index < -0.39 is 0 Å². The second-order valence-electron chi connectivity index (χ2n) is 18.4. The van der Waals surface area contributed by atoms with Crippen molar-refractivity contribution in [1.29, 1.82) is 0 Å². The van der Waals surface area contributed by atoms with E-state index >= 15 is 0 Å². The molecule has 0 aromatic heterocycles. The zero-order valence-corrected chi connectivity index (χ0v) is 38.7. The van der Waals surface area contributed by atoms with Crippen molar-refractivity contribution >= 4 is 0 Å². The fourth-order valence-electron chi connectivity index (χ4n) is 9.59. The van der Waals surface area contributed by atoms with E-state index in [1.807, 2.05) is 7.05 Å². The number of hydrogen-bond donors (Lipinski definition) is 5. The van der Waals surface area contributed by atoms with E-state index in [1.165, 1.54) is 142 Å². The van der Waals surface area contributed by atoms with Crippen LogP contribution in [-0.2, 0) is 0 Å². The van der Waals surface area contributed by atoms with Gasteiger partial charge in [-0.3, -0.25) is 0 Å². The van der Waals surface area contributed by atoms with E-state index in [0.29, 0.717) is 6.04 Å². The van der Waals surface area contributed by atoms with Gasteiger partial charge >= 0.3 is 0 Å². The van der Waals surface area contributed by atoms with Crippen molar-refractivity contribution in [3.8, 4) is 0 Å². The molecular formula is C46H99N9.